The van der Waals surface area contributed by atoms with E-state index in [1.807, 2.05) is 6.92 Å². The van der Waals surface area contributed by atoms with Gasteiger partial charge in [-0.05, 0) is 6.92 Å². The van der Waals surface area contributed by atoms with Gasteiger partial charge in [0.2, 0.25) is 5.91 Å². The van der Waals surface area contributed by atoms with Crippen LogP contribution in [0.5, 0.6) is 0 Å². The van der Waals surface area contributed by atoms with Gasteiger partial charge in [0.05, 0.1) is 0 Å². The number of nitrogens with zero attached hydrogens (tertiary/aromatic N) is 1. The molecule has 0 spiro atoms. The van der Waals surface area contributed by atoms with Crippen molar-refractivity contribution in [1.82, 2.24) is 5.32 Å². The number of hydrogen-bond donors (Lipinski definition) is 1. The Morgan fingerprint density at radius 1 is 1.62 bits per heavy atom. The van der Waals surface area contributed by atoms with E-state index >= 15 is 0 Å². The Bertz CT molecular complexity index is 277. The molecule has 0 aliphatic heterocycles. The summed E-state index contributed by atoms with van der Waals surface area (Å²) in [6.45, 7) is 6.91. The third-order valence-corrected chi connectivity index (χ3v) is 1.53. The first-order valence-corrected chi connectivity index (χ1v) is 4.83. The van der Waals surface area contributed by atoms with E-state index in [4.69, 9.17) is 0 Å². The molecule has 0 aliphatic rings. The fourth-order valence-corrected chi connectivity index (χ4v) is 0.596. The van der Waals surface area contributed by atoms with Gasteiger partial charge in [-0.1, -0.05) is 6.58 Å². The summed E-state index contributed by atoms with van der Waals surface area (Å²) in [6, 6.07) is -0.338. The zero-order chi connectivity index (χ0) is 13.0. The second-order valence-electron chi connectivity index (χ2n) is 2.91. The van der Waals surface area contributed by atoms with Gasteiger partial charge in [0, 0.05) is 12.6 Å². The van der Waals surface area contributed by atoms with Crippen LogP contribution in [-0.4, -0.2) is 38.5 Å². The predicted molar refractivity (Wildman–Crippen MR) is 64.0 cm³/mol. The molecule has 0 aromatic heterocycles. The van der Waals surface area contributed by atoms with Crippen molar-refractivity contribution in [2.24, 2.45) is 4.99 Å². The summed E-state index contributed by atoms with van der Waals surface area (Å²) in [7, 11) is 2.14. The fraction of sp³-hybridized carbons (Fsp3) is 0.500. The van der Waals surface area contributed by atoms with Crippen LogP contribution in [0.1, 0.15) is 20.3 Å². The normalized spacial score (nSPS) is 10.7. The molecule has 0 aromatic rings. The van der Waals surface area contributed by atoms with Crippen LogP contribution in [0.3, 0.4) is 0 Å². The molecule has 0 saturated carbocycles. The van der Waals surface area contributed by atoms with Crippen molar-refractivity contribution in [3.63, 3.8) is 0 Å². The van der Waals surface area contributed by atoms with E-state index < -0.39 is 0 Å². The standard InChI is InChI=1S/C5H8BNO2.C5H9NO/c1-2-5(3-8)7-4-6-9;1-4(2)5(7)6-3/h3-5H,2H2,1H3;1H2,2-3H3,(H,6,7). The van der Waals surface area contributed by atoms with Gasteiger partial charge in [-0.15, -0.1) is 0 Å². The van der Waals surface area contributed by atoms with E-state index in [1.165, 1.54) is 0 Å². The summed E-state index contributed by atoms with van der Waals surface area (Å²) in [5.41, 5.74) is 0.544. The monoisotopic (exact) mass is 224 g/mol. The molecule has 0 saturated heterocycles. The second kappa shape index (κ2) is 11.5. The molecule has 16 heavy (non-hydrogen) atoms. The molecule has 0 heterocycles. The maximum absolute atomic E-state index is 10.3. The molecule has 1 unspecified atom stereocenters. The van der Waals surface area contributed by atoms with Crippen LogP contribution in [0.2, 0.25) is 0 Å². The van der Waals surface area contributed by atoms with E-state index in [1.54, 1.807) is 14.0 Å². The van der Waals surface area contributed by atoms with E-state index in [2.05, 4.69) is 16.9 Å². The van der Waals surface area contributed by atoms with E-state index in [-0.39, 0.29) is 11.9 Å². The van der Waals surface area contributed by atoms with Gasteiger partial charge < -0.3 is 5.32 Å². The Labute approximate surface area is 96.3 Å². The Kier molecular flexibility index (Phi) is 12.1. The number of carbonyl (C=O) groups excluding carboxylic acids is 2. The van der Waals surface area contributed by atoms with Gasteiger partial charge in [0.15, 0.2) is 0 Å². The van der Waals surface area contributed by atoms with Gasteiger partial charge in [-0.2, -0.15) is 0 Å². The van der Waals surface area contributed by atoms with Crippen LogP contribution in [0.25, 0.3) is 0 Å². The molecular weight excluding hydrogens is 207 g/mol. The van der Waals surface area contributed by atoms with Crippen molar-refractivity contribution in [2.45, 2.75) is 26.3 Å². The minimum absolute atomic E-state index is 0.0972. The van der Waals surface area contributed by atoms with Crippen LogP contribution < -0.4 is 5.32 Å². The van der Waals surface area contributed by atoms with Crippen LogP contribution in [-0.2, 0) is 14.3 Å². The van der Waals surface area contributed by atoms with E-state index in [9.17, 15) is 14.3 Å². The van der Waals surface area contributed by atoms with Crippen molar-refractivity contribution in [3.8, 4) is 0 Å². The molecule has 6 heteroatoms. The number of nitrogens with one attached hydrogen (secondary N) is 1. The molecule has 1 amide bonds. The van der Waals surface area contributed by atoms with Gasteiger partial charge >= 0.3 is 53.4 Å². The fourth-order valence-electron chi connectivity index (χ4n) is 0.596. The Balaban J connectivity index is 0. The quantitative estimate of drug-likeness (QED) is 0.317. The Morgan fingerprint density at radius 2 is 2.19 bits per heavy atom. The van der Waals surface area contributed by atoms with Crippen molar-refractivity contribution >= 4 is 25.5 Å². The van der Waals surface area contributed by atoms with Gasteiger partial charge in [0.25, 0.3) is 0 Å². The molecule has 0 bridgehead atoms. The van der Waals surface area contributed by atoms with Crippen molar-refractivity contribution < 1.29 is 14.3 Å². The maximum atomic E-state index is 10.3. The van der Waals surface area contributed by atoms with Crippen molar-refractivity contribution in [2.75, 3.05) is 7.05 Å². The number of carbonyl (C=O) groups is 2. The topological polar surface area (TPSA) is 75.6 Å². The number of amides is 1. The average Bonchev–Trinajstić information content (AvgIpc) is 2.30. The molecule has 88 valence electrons. The minimum atomic E-state index is -0.338. The number of hydrogen-bond acceptors (Lipinski definition) is 4. The van der Waals surface area contributed by atoms with Crippen LogP contribution in [0.4, 0.5) is 0 Å². The summed E-state index contributed by atoms with van der Waals surface area (Å²) in [4.78, 5) is 23.9. The number of likely N-dealkylation sites (N-methyl/N-ethyl adjacent to an activating group) is 1. The molecule has 0 aliphatic carbocycles. The first kappa shape index (κ1) is 16.8. The molecule has 5 nitrogen and oxygen atoms in total. The van der Waals surface area contributed by atoms with Gasteiger partial charge in [0.1, 0.15) is 0 Å². The molecule has 0 radical (unpaired) electrons. The van der Waals surface area contributed by atoms with Gasteiger partial charge in [-0.25, -0.2) is 0 Å². The van der Waals surface area contributed by atoms with Crippen LogP contribution in [0, 0.1) is 0 Å². The first-order valence-electron chi connectivity index (χ1n) is 4.83. The first-order chi connectivity index (χ1) is 7.53. The summed E-state index contributed by atoms with van der Waals surface area (Å²) >= 11 is 0. The SMILES string of the molecule is C=C(C)C(=O)NC.CCC(C=O)N=CB=O. The van der Waals surface area contributed by atoms with E-state index in [0.29, 0.717) is 19.1 Å². The van der Waals surface area contributed by atoms with Crippen LogP contribution >= 0.6 is 0 Å². The third-order valence-electron chi connectivity index (χ3n) is 1.53. The van der Waals surface area contributed by atoms with Gasteiger partial charge in [-0.3, -0.25) is 4.79 Å². The second-order valence-corrected chi connectivity index (χ2v) is 2.91. The number of aldehydes is 1. The molecule has 1 N–H and O–H groups in total. The molecule has 0 fully saturated rings. The Morgan fingerprint density at radius 3 is 2.38 bits per heavy atom. The molecule has 0 aromatic carbocycles. The number of rotatable bonds is 5. The molecular formula is C10H17BN2O3. The molecule has 0 rings (SSSR count). The predicted octanol–water partition coefficient (Wildman–Crippen LogP) is 0.350. The summed E-state index contributed by atoms with van der Waals surface area (Å²) < 4.78 is 9.68. The third kappa shape index (κ3) is 10.5. The number of aliphatic imine (C=N–C) groups is 1. The molecule has 1 atom stereocenters. The van der Waals surface area contributed by atoms with Crippen molar-refractivity contribution in [3.05, 3.63) is 12.2 Å². The zero-order valence-corrected chi connectivity index (χ0v) is 9.90. The van der Waals surface area contributed by atoms with Crippen LogP contribution in [0.15, 0.2) is 17.1 Å². The van der Waals surface area contributed by atoms with Crippen molar-refractivity contribution in [1.29, 1.82) is 0 Å². The summed E-state index contributed by atoms with van der Waals surface area (Å²) in [5, 5.41) is 2.43. The summed E-state index contributed by atoms with van der Waals surface area (Å²) in [5.74, 6) is -0.0972. The zero-order valence-electron chi connectivity index (χ0n) is 9.90. The average molecular weight is 224 g/mol. The van der Waals surface area contributed by atoms with E-state index in [0.717, 1.165) is 12.4 Å². The summed E-state index contributed by atoms with van der Waals surface area (Å²) in [6.07, 6.45) is 2.47. The Hall–Kier alpha value is -1.59.